The standard InChI is InChI=1S/C52H50N4O/c1-34-27-38(52(6,7)8)28-35(2)50(34)36-15-13-16-39(29-36)54-33-55(47-22-12-11-21-46(47)54)40-17-14-18-41(31-40)57-42-23-24-44-43-19-9-10-20-45(43)56(48(44)32-42)49-30-37(25-26-53-49)51(3,4)5/h9-32H,33H2,1-8H3. The molecule has 8 aromatic rings. The summed E-state index contributed by atoms with van der Waals surface area (Å²) in [6, 6.07) is 50.1. The van der Waals surface area contributed by atoms with Crippen LogP contribution in [0.2, 0.25) is 0 Å². The summed E-state index contributed by atoms with van der Waals surface area (Å²) in [6.07, 6.45) is 1.92. The highest BCUT2D eigenvalue weighted by Crippen LogP contribution is 2.46. The molecule has 5 heteroatoms. The van der Waals surface area contributed by atoms with Crippen LogP contribution in [0.1, 0.15) is 63.8 Å². The van der Waals surface area contributed by atoms with Gasteiger partial charge in [0.1, 0.15) is 24.0 Å². The Morgan fingerprint density at radius 3 is 1.84 bits per heavy atom. The molecule has 0 atom stereocenters. The number of fused-ring (bicyclic) bond motifs is 4. The van der Waals surface area contributed by atoms with Crippen LogP contribution >= 0.6 is 0 Å². The SMILES string of the molecule is Cc1cc(C(C)(C)C)cc(C)c1-c1cccc(N2CN(c3cccc(Oc4ccc5c6ccccc6n(-c6cc(C(C)(C)C)ccn6)c5c4)c3)c3ccccc32)c1. The van der Waals surface area contributed by atoms with Crippen molar-refractivity contribution in [3.8, 4) is 28.4 Å². The quantitative estimate of drug-likeness (QED) is 0.170. The van der Waals surface area contributed by atoms with Crippen LogP contribution in [-0.4, -0.2) is 16.2 Å². The van der Waals surface area contributed by atoms with Gasteiger partial charge < -0.3 is 14.5 Å². The molecule has 0 fully saturated rings. The second kappa shape index (κ2) is 13.7. The molecule has 284 valence electrons. The van der Waals surface area contributed by atoms with Crippen molar-refractivity contribution in [1.82, 2.24) is 9.55 Å². The number of aryl methyl sites for hydroxylation is 2. The Labute approximate surface area is 336 Å². The summed E-state index contributed by atoms with van der Waals surface area (Å²) in [5.41, 5.74) is 14.7. The van der Waals surface area contributed by atoms with Gasteiger partial charge in [-0.3, -0.25) is 4.57 Å². The molecule has 0 N–H and O–H groups in total. The molecule has 0 radical (unpaired) electrons. The molecule has 0 unspecified atom stereocenters. The van der Waals surface area contributed by atoms with Crippen molar-refractivity contribution in [1.29, 1.82) is 0 Å². The van der Waals surface area contributed by atoms with Crippen molar-refractivity contribution in [3.63, 3.8) is 0 Å². The Kier molecular flexibility index (Phi) is 8.73. The third-order valence-electron chi connectivity index (χ3n) is 11.4. The third-order valence-corrected chi connectivity index (χ3v) is 11.4. The smallest absolute Gasteiger partial charge is 0.137 e. The lowest BCUT2D eigenvalue weighted by Gasteiger charge is -2.24. The monoisotopic (exact) mass is 746 g/mol. The number of ether oxygens (including phenoxy) is 1. The Bertz CT molecular complexity index is 2790. The van der Waals surface area contributed by atoms with Crippen LogP contribution in [0.4, 0.5) is 22.7 Å². The number of benzene rings is 6. The molecule has 0 bridgehead atoms. The number of para-hydroxylation sites is 3. The molecular formula is C52H50N4O. The maximum absolute atomic E-state index is 6.69. The van der Waals surface area contributed by atoms with Crippen molar-refractivity contribution in [2.75, 3.05) is 16.5 Å². The molecule has 2 aromatic heterocycles. The Balaban J connectivity index is 1.04. The van der Waals surface area contributed by atoms with Crippen molar-refractivity contribution in [2.45, 2.75) is 66.2 Å². The number of anilines is 4. The van der Waals surface area contributed by atoms with E-state index in [0.717, 1.165) is 39.7 Å². The average molecular weight is 747 g/mol. The Morgan fingerprint density at radius 2 is 1.14 bits per heavy atom. The third kappa shape index (κ3) is 6.61. The number of hydrogen-bond donors (Lipinski definition) is 0. The van der Waals surface area contributed by atoms with Gasteiger partial charge in [0.25, 0.3) is 0 Å². The van der Waals surface area contributed by atoms with Crippen LogP contribution in [0.25, 0.3) is 38.8 Å². The van der Waals surface area contributed by atoms with E-state index in [-0.39, 0.29) is 10.8 Å². The van der Waals surface area contributed by atoms with Crippen molar-refractivity contribution in [2.24, 2.45) is 0 Å². The van der Waals surface area contributed by atoms with Gasteiger partial charge in [0.15, 0.2) is 0 Å². The van der Waals surface area contributed by atoms with Gasteiger partial charge in [-0.15, -0.1) is 0 Å². The lowest BCUT2D eigenvalue weighted by atomic mass is 9.82. The first-order valence-corrected chi connectivity index (χ1v) is 20.0. The van der Waals surface area contributed by atoms with Crippen LogP contribution in [0, 0.1) is 13.8 Å². The van der Waals surface area contributed by atoms with Gasteiger partial charge in [0.05, 0.1) is 22.4 Å². The maximum atomic E-state index is 6.69. The van der Waals surface area contributed by atoms with Gasteiger partial charge in [-0.2, -0.15) is 0 Å². The van der Waals surface area contributed by atoms with Crippen LogP contribution in [0.3, 0.4) is 0 Å². The van der Waals surface area contributed by atoms with Crippen LogP contribution in [-0.2, 0) is 10.8 Å². The predicted octanol–water partition coefficient (Wildman–Crippen LogP) is 14.1. The first-order valence-electron chi connectivity index (χ1n) is 20.0. The second-order valence-corrected chi connectivity index (χ2v) is 17.6. The van der Waals surface area contributed by atoms with Gasteiger partial charge in [-0.05, 0) is 125 Å². The molecule has 3 heterocycles. The molecule has 1 aliphatic heterocycles. The van der Waals surface area contributed by atoms with Crippen molar-refractivity contribution < 1.29 is 4.74 Å². The van der Waals surface area contributed by atoms with Crippen LogP contribution in [0.5, 0.6) is 11.5 Å². The fraction of sp³-hybridized carbons (Fsp3) is 0.212. The van der Waals surface area contributed by atoms with E-state index in [1.165, 1.54) is 55.5 Å². The van der Waals surface area contributed by atoms with E-state index < -0.39 is 0 Å². The summed E-state index contributed by atoms with van der Waals surface area (Å²) in [4.78, 5) is 9.65. The van der Waals surface area contributed by atoms with E-state index in [0.29, 0.717) is 6.67 Å². The van der Waals surface area contributed by atoms with Crippen molar-refractivity contribution in [3.05, 3.63) is 168 Å². The van der Waals surface area contributed by atoms with Gasteiger partial charge in [-0.1, -0.05) is 102 Å². The fourth-order valence-electron chi connectivity index (χ4n) is 8.46. The fourth-order valence-corrected chi connectivity index (χ4v) is 8.46. The zero-order chi connectivity index (χ0) is 39.6. The zero-order valence-electron chi connectivity index (χ0n) is 34.3. The van der Waals surface area contributed by atoms with Gasteiger partial charge in [-0.25, -0.2) is 4.98 Å². The van der Waals surface area contributed by atoms with E-state index in [4.69, 9.17) is 9.72 Å². The maximum Gasteiger partial charge on any atom is 0.137 e. The number of pyridine rings is 1. The van der Waals surface area contributed by atoms with Crippen LogP contribution < -0.4 is 14.5 Å². The molecule has 5 nitrogen and oxygen atoms in total. The minimum atomic E-state index is 0.00380. The first kappa shape index (κ1) is 36.3. The summed E-state index contributed by atoms with van der Waals surface area (Å²) in [7, 11) is 0. The molecule has 0 aliphatic carbocycles. The van der Waals surface area contributed by atoms with E-state index in [9.17, 15) is 0 Å². The molecular weight excluding hydrogens is 697 g/mol. The van der Waals surface area contributed by atoms with Gasteiger partial charge in [0.2, 0.25) is 0 Å². The highest BCUT2D eigenvalue weighted by Gasteiger charge is 2.29. The molecule has 57 heavy (non-hydrogen) atoms. The molecule has 0 saturated heterocycles. The molecule has 0 spiro atoms. The Morgan fingerprint density at radius 1 is 0.526 bits per heavy atom. The molecule has 9 rings (SSSR count). The topological polar surface area (TPSA) is 33.5 Å². The lowest BCUT2D eigenvalue weighted by molar-refractivity contribution is 0.483. The van der Waals surface area contributed by atoms with E-state index >= 15 is 0 Å². The summed E-state index contributed by atoms with van der Waals surface area (Å²) in [5.74, 6) is 2.46. The minimum absolute atomic E-state index is 0.00380. The largest absolute Gasteiger partial charge is 0.457 e. The normalized spacial score (nSPS) is 13.1. The van der Waals surface area contributed by atoms with E-state index in [2.05, 4.69) is 203 Å². The van der Waals surface area contributed by atoms with Crippen molar-refractivity contribution >= 4 is 44.6 Å². The first-order chi connectivity index (χ1) is 27.3. The second-order valence-electron chi connectivity index (χ2n) is 17.6. The molecule has 0 amide bonds. The Hall–Kier alpha value is -6.33. The summed E-state index contributed by atoms with van der Waals surface area (Å²) >= 11 is 0. The molecule has 6 aromatic carbocycles. The average Bonchev–Trinajstić information content (AvgIpc) is 3.73. The van der Waals surface area contributed by atoms with E-state index in [1.54, 1.807) is 0 Å². The summed E-state index contributed by atoms with van der Waals surface area (Å²) in [5, 5.41) is 2.36. The number of aromatic nitrogens is 2. The number of rotatable bonds is 6. The van der Waals surface area contributed by atoms with Crippen LogP contribution in [0.15, 0.2) is 146 Å². The summed E-state index contributed by atoms with van der Waals surface area (Å²) < 4.78 is 8.95. The van der Waals surface area contributed by atoms with Gasteiger partial charge >= 0.3 is 0 Å². The summed E-state index contributed by atoms with van der Waals surface area (Å²) in [6.45, 7) is 18.7. The zero-order valence-corrected chi connectivity index (χ0v) is 34.3. The highest BCUT2D eigenvalue weighted by atomic mass is 16.5. The predicted molar refractivity (Wildman–Crippen MR) is 239 cm³/mol. The number of hydrogen-bond acceptors (Lipinski definition) is 4. The minimum Gasteiger partial charge on any atom is -0.457 e. The molecule has 1 aliphatic rings. The lowest BCUT2D eigenvalue weighted by Crippen LogP contribution is -2.23. The van der Waals surface area contributed by atoms with E-state index in [1.807, 2.05) is 12.3 Å². The highest BCUT2D eigenvalue weighted by molar-refractivity contribution is 6.09. The van der Waals surface area contributed by atoms with Gasteiger partial charge in [0, 0.05) is 40.5 Å². The molecule has 0 saturated carbocycles. The number of nitrogens with zero attached hydrogens (tertiary/aromatic N) is 4.